The summed E-state index contributed by atoms with van der Waals surface area (Å²) in [5, 5.41) is 12.6. The van der Waals surface area contributed by atoms with E-state index in [2.05, 4.69) is 5.32 Å². The summed E-state index contributed by atoms with van der Waals surface area (Å²) >= 11 is 0. The lowest BCUT2D eigenvalue weighted by Gasteiger charge is -2.36. The fourth-order valence-electron chi connectivity index (χ4n) is 2.05. The number of hydrogen-bond donors (Lipinski definition) is 2. The van der Waals surface area contributed by atoms with Crippen molar-refractivity contribution in [3.05, 3.63) is 29.8 Å². The summed E-state index contributed by atoms with van der Waals surface area (Å²) in [5.41, 5.74) is 0.283. The Morgan fingerprint density at radius 1 is 1.13 bits per heavy atom. The highest BCUT2D eigenvalue weighted by atomic mass is 16.6. The summed E-state index contributed by atoms with van der Waals surface area (Å²) in [6.07, 6.45) is -0.295. The van der Waals surface area contributed by atoms with Crippen molar-refractivity contribution in [1.82, 2.24) is 10.2 Å². The first-order chi connectivity index (χ1) is 10.5. The highest BCUT2D eigenvalue weighted by Gasteiger charge is 2.30. The SMILES string of the molecule is CC(C)(C)OC(=O)N(CCNCc1ccc(O)cc1)C(C)(C)C. The number of aromatic hydroxyl groups is 1. The number of carbonyl (C=O) groups is 1. The van der Waals surface area contributed by atoms with Crippen molar-refractivity contribution in [3.8, 4) is 5.75 Å². The van der Waals surface area contributed by atoms with Crippen LogP contribution >= 0.6 is 0 Å². The number of phenols is 1. The minimum atomic E-state index is -0.500. The van der Waals surface area contributed by atoms with E-state index in [0.29, 0.717) is 19.6 Å². The topological polar surface area (TPSA) is 61.8 Å². The van der Waals surface area contributed by atoms with Gasteiger partial charge >= 0.3 is 6.09 Å². The Balaban J connectivity index is 2.52. The number of benzene rings is 1. The Labute approximate surface area is 139 Å². The van der Waals surface area contributed by atoms with Crippen LogP contribution < -0.4 is 5.32 Å². The second-order valence-corrected chi connectivity index (χ2v) is 7.65. The van der Waals surface area contributed by atoms with Crippen LogP contribution in [0.3, 0.4) is 0 Å². The Hall–Kier alpha value is -1.75. The molecule has 1 aromatic carbocycles. The van der Waals surface area contributed by atoms with Crippen molar-refractivity contribution >= 4 is 6.09 Å². The van der Waals surface area contributed by atoms with Gasteiger partial charge in [0.25, 0.3) is 0 Å². The van der Waals surface area contributed by atoms with Gasteiger partial charge in [-0.3, -0.25) is 0 Å². The lowest BCUT2D eigenvalue weighted by Crippen LogP contribution is -2.50. The van der Waals surface area contributed by atoms with E-state index in [0.717, 1.165) is 5.56 Å². The second-order valence-electron chi connectivity index (χ2n) is 7.65. The maximum absolute atomic E-state index is 12.4. The molecule has 23 heavy (non-hydrogen) atoms. The van der Waals surface area contributed by atoms with Crippen LogP contribution in [0.1, 0.15) is 47.1 Å². The zero-order valence-electron chi connectivity index (χ0n) is 15.1. The Morgan fingerprint density at radius 2 is 1.70 bits per heavy atom. The molecule has 0 aliphatic carbocycles. The van der Waals surface area contributed by atoms with Gasteiger partial charge in [-0.25, -0.2) is 4.79 Å². The molecule has 0 atom stereocenters. The van der Waals surface area contributed by atoms with Crippen molar-refractivity contribution in [3.63, 3.8) is 0 Å². The third kappa shape index (κ3) is 7.37. The van der Waals surface area contributed by atoms with Gasteiger partial charge in [0, 0.05) is 25.2 Å². The summed E-state index contributed by atoms with van der Waals surface area (Å²) in [5.74, 6) is 0.262. The molecule has 5 heteroatoms. The normalized spacial score (nSPS) is 12.1. The molecule has 2 N–H and O–H groups in total. The van der Waals surface area contributed by atoms with E-state index in [-0.39, 0.29) is 17.4 Å². The largest absolute Gasteiger partial charge is 0.508 e. The second kappa shape index (κ2) is 7.68. The monoisotopic (exact) mass is 322 g/mol. The van der Waals surface area contributed by atoms with Crippen LogP contribution in [-0.4, -0.2) is 40.3 Å². The van der Waals surface area contributed by atoms with Crippen LogP contribution in [0.25, 0.3) is 0 Å². The number of carbonyl (C=O) groups excluding carboxylic acids is 1. The molecule has 0 bridgehead atoms. The summed E-state index contributed by atoms with van der Waals surface area (Å²) in [4.78, 5) is 14.1. The van der Waals surface area contributed by atoms with E-state index in [9.17, 15) is 9.90 Å². The quantitative estimate of drug-likeness (QED) is 0.814. The van der Waals surface area contributed by atoms with Crippen LogP contribution in [0.5, 0.6) is 5.75 Å². The zero-order valence-corrected chi connectivity index (χ0v) is 15.1. The van der Waals surface area contributed by atoms with Gasteiger partial charge in [0.2, 0.25) is 0 Å². The molecule has 0 fully saturated rings. The molecule has 0 aliphatic rings. The highest BCUT2D eigenvalue weighted by molar-refractivity contribution is 5.69. The van der Waals surface area contributed by atoms with Gasteiger partial charge in [0.05, 0.1) is 0 Å². The van der Waals surface area contributed by atoms with Crippen LogP contribution in [0.4, 0.5) is 4.79 Å². The first-order valence-corrected chi connectivity index (χ1v) is 7.98. The first-order valence-electron chi connectivity index (χ1n) is 7.98. The van der Waals surface area contributed by atoms with E-state index in [1.54, 1.807) is 17.0 Å². The molecule has 0 radical (unpaired) electrons. The molecule has 0 saturated carbocycles. The van der Waals surface area contributed by atoms with E-state index in [1.807, 2.05) is 53.7 Å². The molecule has 0 unspecified atom stereocenters. The molecule has 0 aromatic heterocycles. The van der Waals surface area contributed by atoms with Crippen molar-refractivity contribution in [2.24, 2.45) is 0 Å². The highest BCUT2D eigenvalue weighted by Crippen LogP contribution is 2.18. The molecular weight excluding hydrogens is 292 g/mol. The Bertz CT molecular complexity index is 498. The number of nitrogens with zero attached hydrogens (tertiary/aromatic N) is 1. The standard InChI is InChI=1S/C18H30N2O3/c1-17(2,3)20(16(22)23-18(4,5)6)12-11-19-13-14-7-9-15(21)10-8-14/h7-10,19,21H,11-13H2,1-6H3. The van der Waals surface area contributed by atoms with Gasteiger partial charge in [0.15, 0.2) is 0 Å². The summed E-state index contributed by atoms with van der Waals surface area (Å²) in [6.45, 7) is 13.5. The van der Waals surface area contributed by atoms with Gasteiger partial charge < -0.3 is 20.1 Å². The van der Waals surface area contributed by atoms with Crippen molar-refractivity contribution in [2.75, 3.05) is 13.1 Å². The number of hydrogen-bond acceptors (Lipinski definition) is 4. The smallest absolute Gasteiger partial charge is 0.410 e. The lowest BCUT2D eigenvalue weighted by atomic mass is 10.1. The van der Waals surface area contributed by atoms with E-state index >= 15 is 0 Å². The van der Waals surface area contributed by atoms with Gasteiger partial charge in [-0.15, -0.1) is 0 Å². The molecule has 5 nitrogen and oxygen atoms in total. The summed E-state index contributed by atoms with van der Waals surface area (Å²) in [6, 6.07) is 7.08. The summed E-state index contributed by atoms with van der Waals surface area (Å²) < 4.78 is 5.49. The molecule has 0 aliphatic heterocycles. The van der Waals surface area contributed by atoms with Crippen molar-refractivity contribution < 1.29 is 14.6 Å². The first kappa shape index (κ1) is 19.3. The average Bonchev–Trinajstić information content (AvgIpc) is 2.37. The number of rotatable bonds is 5. The maximum atomic E-state index is 12.4. The molecule has 0 spiro atoms. The van der Waals surface area contributed by atoms with Gasteiger partial charge in [0.1, 0.15) is 11.4 Å². The van der Waals surface area contributed by atoms with Crippen LogP contribution in [0.2, 0.25) is 0 Å². The number of amides is 1. The van der Waals surface area contributed by atoms with E-state index in [1.165, 1.54) is 0 Å². The number of nitrogens with one attached hydrogen (secondary N) is 1. The molecule has 0 heterocycles. The lowest BCUT2D eigenvalue weighted by molar-refractivity contribution is 0.00663. The molecule has 1 aromatic rings. The third-order valence-electron chi connectivity index (χ3n) is 3.20. The van der Waals surface area contributed by atoms with Gasteiger partial charge in [-0.05, 0) is 59.2 Å². The maximum Gasteiger partial charge on any atom is 0.410 e. The average molecular weight is 322 g/mol. The van der Waals surface area contributed by atoms with Crippen LogP contribution in [-0.2, 0) is 11.3 Å². The third-order valence-corrected chi connectivity index (χ3v) is 3.20. The number of phenolic OH excluding ortho intramolecular Hbond substituents is 1. The fourth-order valence-corrected chi connectivity index (χ4v) is 2.05. The van der Waals surface area contributed by atoms with Gasteiger partial charge in [-0.1, -0.05) is 12.1 Å². The van der Waals surface area contributed by atoms with Gasteiger partial charge in [-0.2, -0.15) is 0 Å². The fraction of sp³-hybridized carbons (Fsp3) is 0.611. The van der Waals surface area contributed by atoms with E-state index < -0.39 is 5.60 Å². The Kier molecular flexibility index (Phi) is 6.45. The minimum Gasteiger partial charge on any atom is -0.508 e. The minimum absolute atomic E-state index is 0.262. The Morgan fingerprint density at radius 3 is 2.17 bits per heavy atom. The predicted octanol–water partition coefficient (Wildman–Crippen LogP) is 3.52. The predicted molar refractivity (Wildman–Crippen MR) is 92.5 cm³/mol. The number of ether oxygens (including phenoxy) is 1. The summed E-state index contributed by atoms with van der Waals surface area (Å²) in [7, 11) is 0. The zero-order chi connectivity index (χ0) is 17.7. The van der Waals surface area contributed by atoms with Crippen LogP contribution in [0, 0.1) is 0 Å². The van der Waals surface area contributed by atoms with Crippen molar-refractivity contribution in [1.29, 1.82) is 0 Å². The van der Waals surface area contributed by atoms with E-state index in [4.69, 9.17) is 4.74 Å². The van der Waals surface area contributed by atoms with Crippen molar-refractivity contribution in [2.45, 2.75) is 59.2 Å². The molecule has 0 saturated heterocycles. The molecule has 1 amide bonds. The molecular formula is C18H30N2O3. The van der Waals surface area contributed by atoms with Crippen LogP contribution in [0.15, 0.2) is 24.3 Å². The molecule has 1 rings (SSSR count). The molecule has 130 valence electrons.